The van der Waals surface area contributed by atoms with Crippen molar-refractivity contribution < 1.29 is 4.74 Å². The smallest absolute Gasteiger partial charge is 0.0620 e. The van der Waals surface area contributed by atoms with Gasteiger partial charge in [0.25, 0.3) is 0 Å². The Labute approximate surface area is 45.7 Å². The van der Waals surface area contributed by atoms with Gasteiger partial charge in [-0.3, -0.25) is 0 Å². The standard InChI is InChI=1S/C6H14O/c1-5-6(2,3)7-4/h5H2,1-4H3/i1+1,2+1,3+1. The molecule has 0 aliphatic heterocycles. The highest BCUT2D eigenvalue weighted by molar-refractivity contribution is 4.62. The van der Waals surface area contributed by atoms with Crippen molar-refractivity contribution in [1.82, 2.24) is 0 Å². The lowest BCUT2D eigenvalue weighted by atomic mass is 10.3. The molecule has 0 fully saturated rings. The fraction of sp³-hybridized carbons (Fsp3) is 1.00. The van der Waals surface area contributed by atoms with Crippen LogP contribution in [0.3, 0.4) is 0 Å². The molecule has 0 unspecified atom stereocenters. The van der Waals surface area contributed by atoms with Gasteiger partial charge >= 0.3 is 0 Å². The van der Waals surface area contributed by atoms with Gasteiger partial charge in [0.1, 0.15) is 0 Å². The predicted octanol–water partition coefficient (Wildman–Crippen LogP) is 1.82. The first-order valence-electron chi connectivity index (χ1n) is 2.67. The van der Waals surface area contributed by atoms with E-state index in [0.717, 1.165) is 6.42 Å². The lowest BCUT2D eigenvalue weighted by Crippen LogP contribution is -2.20. The fourth-order valence-electron chi connectivity index (χ4n) is 0.144. The summed E-state index contributed by atoms with van der Waals surface area (Å²) >= 11 is 0. The normalized spacial score (nSPS) is 12.0. The zero-order valence-electron chi connectivity index (χ0n) is 5.62. The first kappa shape index (κ1) is 6.96. The van der Waals surface area contributed by atoms with Gasteiger partial charge in [0.15, 0.2) is 0 Å². The molecule has 0 N–H and O–H groups in total. The third-order valence-electron chi connectivity index (χ3n) is 1.40. The Morgan fingerprint density at radius 3 is 1.86 bits per heavy atom. The Morgan fingerprint density at radius 2 is 1.86 bits per heavy atom. The van der Waals surface area contributed by atoms with Gasteiger partial charge in [-0.05, 0) is 20.3 Å². The van der Waals surface area contributed by atoms with Crippen LogP contribution in [0.1, 0.15) is 27.2 Å². The maximum Gasteiger partial charge on any atom is 0.0620 e. The van der Waals surface area contributed by atoms with Crippen molar-refractivity contribution in [1.29, 1.82) is 0 Å². The molecule has 0 aromatic carbocycles. The van der Waals surface area contributed by atoms with Gasteiger partial charge in [0.05, 0.1) is 5.60 Å². The quantitative estimate of drug-likeness (QED) is 0.487. The zero-order valence-corrected chi connectivity index (χ0v) is 5.62. The van der Waals surface area contributed by atoms with E-state index >= 15 is 0 Å². The summed E-state index contributed by atoms with van der Waals surface area (Å²) in [7, 11) is 1.74. The SMILES string of the molecule is COC([13CH3])([13CH3])C[13CH3]. The molecule has 1 heteroatoms. The van der Waals surface area contributed by atoms with Crippen molar-refractivity contribution >= 4 is 0 Å². The molecule has 0 spiro atoms. The lowest BCUT2D eigenvalue weighted by molar-refractivity contribution is 0.0196. The van der Waals surface area contributed by atoms with Crippen molar-refractivity contribution in [3.8, 4) is 0 Å². The molecule has 0 aromatic heterocycles. The average molecular weight is 105 g/mol. The lowest BCUT2D eigenvalue weighted by Gasteiger charge is -2.19. The van der Waals surface area contributed by atoms with Crippen molar-refractivity contribution in [2.75, 3.05) is 7.11 Å². The second-order valence-electron chi connectivity index (χ2n) is 2.32. The molecular formula is C6H14O. The van der Waals surface area contributed by atoms with Gasteiger partial charge in [-0.2, -0.15) is 0 Å². The van der Waals surface area contributed by atoms with Crippen LogP contribution in [0.2, 0.25) is 0 Å². The maximum absolute atomic E-state index is 5.09. The summed E-state index contributed by atoms with van der Waals surface area (Å²) < 4.78 is 5.09. The third kappa shape index (κ3) is 2.63. The summed E-state index contributed by atoms with van der Waals surface area (Å²) in [5.74, 6) is 0. The Hall–Kier alpha value is -0.0400. The van der Waals surface area contributed by atoms with Crippen LogP contribution in [0.4, 0.5) is 0 Å². The van der Waals surface area contributed by atoms with Gasteiger partial charge < -0.3 is 4.74 Å². The first-order valence-corrected chi connectivity index (χ1v) is 2.67. The van der Waals surface area contributed by atoms with Crippen LogP contribution in [0.5, 0.6) is 0 Å². The monoisotopic (exact) mass is 105 g/mol. The average Bonchev–Trinajstić information content (AvgIpc) is 1.68. The number of hydrogen-bond acceptors (Lipinski definition) is 1. The number of methoxy groups -OCH3 is 1. The summed E-state index contributed by atoms with van der Waals surface area (Å²) in [4.78, 5) is 0. The summed E-state index contributed by atoms with van der Waals surface area (Å²) in [6.07, 6.45) is 1.07. The predicted molar refractivity (Wildman–Crippen MR) is 31.4 cm³/mol. The molecule has 0 amide bonds. The molecule has 0 bridgehead atoms. The summed E-state index contributed by atoms with van der Waals surface area (Å²) in [6.45, 7) is 6.27. The van der Waals surface area contributed by atoms with E-state index in [9.17, 15) is 0 Å². The minimum absolute atomic E-state index is 0.0833. The summed E-state index contributed by atoms with van der Waals surface area (Å²) in [6, 6.07) is 0. The van der Waals surface area contributed by atoms with Crippen molar-refractivity contribution in [2.24, 2.45) is 0 Å². The molecule has 0 saturated heterocycles. The van der Waals surface area contributed by atoms with E-state index < -0.39 is 0 Å². The van der Waals surface area contributed by atoms with E-state index in [4.69, 9.17) is 4.74 Å². The largest absolute Gasteiger partial charge is 0.379 e. The van der Waals surface area contributed by atoms with Gasteiger partial charge in [-0.1, -0.05) is 6.92 Å². The zero-order chi connectivity index (χ0) is 5.91. The molecule has 0 radical (unpaired) electrons. The molecule has 0 saturated carbocycles. The Bertz CT molecular complexity index is 42.1. The molecule has 1 nitrogen and oxygen atoms in total. The van der Waals surface area contributed by atoms with E-state index in [1.165, 1.54) is 0 Å². The van der Waals surface area contributed by atoms with Crippen LogP contribution < -0.4 is 0 Å². The van der Waals surface area contributed by atoms with Gasteiger partial charge in [0, 0.05) is 7.11 Å². The van der Waals surface area contributed by atoms with Crippen LogP contribution >= 0.6 is 0 Å². The Balaban J connectivity index is 3.36. The second-order valence-corrected chi connectivity index (χ2v) is 2.32. The molecular weight excluding hydrogens is 91.0 g/mol. The minimum atomic E-state index is 0.0833. The molecule has 44 valence electrons. The van der Waals surface area contributed by atoms with Crippen molar-refractivity contribution in [2.45, 2.75) is 32.8 Å². The van der Waals surface area contributed by atoms with E-state index in [1.54, 1.807) is 7.11 Å². The highest BCUT2D eigenvalue weighted by Crippen LogP contribution is 2.10. The molecule has 0 aliphatic rings. The van der Waals surface area contributed by atoms with Gasteiger partial charge in [0.2, 0.25) is 0 Å². The van der Waals surface area contributed by atoms with Crippen molar-refractivity contribution in [3.05, 3.63) is 0 Å². The molecule has 0 atom stereocenters. The van der Waals surface area contributed by atoms with E-state index in [0.29, 0.717) is 0 Å². The maximum atomic E-state index is 5.09. The van der Waals surface area contributed by atoms with E-state index in [-0.39, 0.29) is 5.60 Å². The third-order valence-corrected chi connectivity index (χ3v) is 1.40. The molecule has 7 heavy (non-hydrogen) atoms. The van der Waals surface area contributed by atoms with Crippen LogP contribution in [-0.4, -0.2) is 12.7 Å². The highest BCUT2D eigenvalue weighted by Gasteiger charge is 2.10. The molecule has 0 heterocycles. The van der Waals surface area contributed by atoms with Crippen LogP contribution in [0.15, 0.2) is 0 Å². The van der Waals surface area contributed by atoms with Crippen molar-refractivity contribution in [3.63, 3.8) is 0 Å². The number of ether oxygens (including phenoxy) is 1. The van der Waals surface area contributed by atoms with Gasteiger partial charge in [-0.25, -0.2) is 0 Å². The Morgan fingerprint density at radius 1 is 1.43 bits per heavy atom. The summed E-state index contributed by atoms with van der Waals surface area (Å²) in [5.41, 5.74) is 0.0833. The molecule has 0 aromatic rings. The van der Waals surface area contributed by atoms with Crippen LogP contribution in [0, 0.1) is 0 Å². The van der Waals surface area contributed by atoms with E-state index in [1.807, 2.05) is 0 Å². The number of rotatable bonds is 2. The highest BCUT2D eigenvalue weighted by atomic mass is 16.5. The summed E-state index contributed by atoms with van der Waals surface area (Å²) in [5, 5.41) is 0. The van der Waals surface area contributed by atoms with Crippen LogP contribution in [-0.2, 0) is 4.74 Å². The second kappa shape index (κ2) is 2.31. The van der Waals surface area contributed by atoms with Crippen LogP contribution in [0.25, 0.3) is 0 Å². The Kier molecular flexibility index (Phi) is 2.30. The first-order chi connectivity index (χ1) is 3.12. The molecule has 0 aliphatic carbocycles. The van der Waals surface area contributed by atoms with E-state index in [2.05, 4.69) is 20.8 Å². The topological polar surface area (TPSA) is 9.23 Å². The van der Waals surface area contributed by atoms with Gasteiger partial charge in [-0.15, -0.1) is 0 Å². The molecule has 0 rings (SSSR count). The minimum Gasteiger partial charge on any atom is -0.379 e. The fourth-order valence-corrected chi connectivity index (χ4v) is 0.144. The number of hydrogen-bond donors (Lipinski definition) is 0.